The van der Waals surface area contributed by atoms with Gasteiger partial charge in [0.15, 0.2) is 0 Å². The molecular weight excluding hydrogens is 259 g/mol. The van der Waals surface area contributed by atoms with E-state index in [0.29, 0.717) is 12.2 Å². The van der Waals surface area contributed by atoms with Gasteiger partial charge in [-0.05, 0) is 31.2 Å². The number of nitrogens with one attached hydrogen (secondary N) is 1. The number of halogens is 3. The summed E-state index contributed by atoms with van der Waals surface area (Å²) < 4.78 is 35.9. The van der Waals surface area contributed by atoms with Gasteiger partial charge < -0.3 is 16.0 Å². The Kier molecular flexibility index (Phi) is 5.02. The van der Waals surface area contributed by atoms with Crippen LogP contribution < -0.4 is 16.0 Å². The van der Waals surface area contributed by atoms with Crippen LogP contribution in [0.15, 0.2) is 24.3 Å². The topological polar surface area (TPSA) is 58.4 Å². The summed E-state index contributed by atoms with van der Waals surface area (Å²) in [5.74, 6) is -0.670. The summed E-state index contributed by atoms with van der Waals surface area (Å²) in [4.78, 5) is 13.1. The number of anilines is 2. The Morgan fingerprint density at radius 3 is 2.37 bits per heavy atom. The number of alkyl halides is 3. The molecule has 106 valence electrons. The van der Waals surface area contributed by atoms with E-state index in [4.69, 9.17) is 5.73 Å². The largest absolute Gasteiger partial charge is 0.405 e. The lowest BCUT2D eigenvalue weighted by Gasteiger charge is -2.22. The second-order valence-corrected chi connectivity index (χ2v) is 4.00. The van der Waals surface area contributed by atoms with Gasteiger partial charge >= 0.3 is 6.18 Å². The van der Waals surface area contributed by atoms with Gasteiger partial charge in [-0.3, -0.25) is 4.79 Å². The van der Waals surface area contributed by atoms with Crippen LogP contribution in [-0.4, -0.2) is 31.7 Å². The molecule has 0 aliphatic rings. The molecule has 0 heterocycles. The van der Waals surface area contributed by atoms with Gasteiger partial charge in [0.2, 0.25) is 5.91 Å². The van der Waals surface area contributed by atoms with E-state index in [0.717, 1.165) is 5.69 Å². The second-order valence-electron chi connectivity index (χ2n) is 4.00. The summed E-state index contributed by atoms with van der Waals surface area (Å²) in [5.41, 5.74) is 6.86. The number of nitrogens with zero attached hydrogens (tertiary/aromatic N) is 1. The minimum absolute atomic E-state index is 0.128. The maximum atomic E-state index is 12.0. The van der Waals surface area contributed by atoms with E-state index in [-0.39, 0.29) is 6.54 Å². The molecule has 19 heavy (non-hydrogen) atoms. The predicted molar refractivity (Wildman–Crippen MR) is 67.8 cm³/mol. The number of carbonyl (C=O) groups is 1. The monoisotopic (exact) mass is 275 g/mol. The van der Waals surface area contributed by atoms with Crippen molar-refractivity contribution in [3.8, 4) is 0 Å². The molecule has 0 aliphatic carbocycles. The zero-order chi connectivity index (χ0) is 14.5. The molecule has 1 aromatic rings. The van der Waals surface area contributed by atoms with Crippen molar-refractivity contribution in [1.82, 2.24) is 5.32 Å². The number of likely N-dealkylation sites (N-methyl/N-ethyl adjacent to an activating group) is 1. The van der Waals surface area contributed by atoms with Crippen LogP contribution in [0, 0.1) is 0 Å². The van der Waals surface area contributed by atoms with Crippen molar-refractivity contribution in [2.75, 3.05) is 30.3 Å². The lowest BCUT2D eigenvalue weighted by Crippen LogP contribution is -2.41. The van der Waals surface area contributed by atoms with E-state index in [9.17, 15) is 18.0 Å². The number of hydrogen-bond acceptors (Lipinski definition) is 3. The third-order valence-electron chi connectivity index (χ3n) is 2.46. The SMILES string of the molecule is CCN(CC(=O)NCC(F)(F)F)c1ccc(N)cc1. The van der Waals surface area contributed by atoms with Gasteiger partial charge in [-0.2, -0.15) is 13.2 Å². The van der Waals surface area contributed by atoms with Gasteiger partial charge in [0.1, 0.15) is 6.54 Å². The Hall–Kier alpha value is -1.92. The highest BCUT2D eigenvalue weighted by molar-refractivity contribution is 5.81. The van der Waals surface area contributed by atoms with Crippen molar-refractivity contribution < 1.29 is 18.0 Å². The molecule has 3 N–H and O–H groups in total. The van der Waals surface area contributed by atoms with Gasteiger partial charge in [0, 0.05) is 17.9 Å². The molecule has 7 heteroatoms. The number of nitrogens with two attached hydrogens (primary N) is 1. The Morgan fingerprint density at radius 1 is 1.32 bits per heavy atom. The molecule has 0 bridgehead atoms. The normalized spacial score (nSPS) is 11.2. The predicted octanol–water partition coefficient (Wildman–Crippen LogP) is 1.77. The molecule has 0 unspecified atom stereocenters. The quantitative estimate of drug-likeness (QED) is 0.805. The van der Waals surface area contributed by atoms with E-state index in [1.54, 1.807) is 29.2 Å². The molecule has 0 fully saturated rings. The maximum Gasteiger partial charge on any atom is 0.405 e. The Labute approximate surface area is 109 Å². The van der Waals surface area contributed by atoms with Gasteiger partial charge in [-0.1, -0.05) is 0 Å². The van der Waals surface area contributed by atoms with Crippen molar-refractivity contribution >= 4 is 17.3 Å². The Bertz CT molecular complexity index is 417. The third kappa shape index (κ3) is 5.50. The molecule has 1 rings (SSSR count). The summed E-state index contributed by atoms with van der Waals surface area (Å²) in [6.45, 7) is 0.873. The molecule has 1 amide bonds. The minimum Gasteiger partial charge on any atom is -0.399 e. The lowest BCUT2D eigenvalue weighted by atomic mass is 10.2. The average molecular weight is 275 g/mol. The van der Waals surface area contributed by atoms with Crippen molar-refractivity contribution in [2.24, 2.45) is 0 Å². The summed E-state index contributed by atoms with van der Waals surface area (Å²) >= 11 is 0. The molecule has 0 aromatic heterocycles. The number of hydrogen-bond donors (Lipinski definition) is 2. The van der Waals surface area contributed by atoms with Crippen LogP contribution in [0.5, 0.6) is 0 Å². The molecule has 0 spiro atoms. The molecule has 0 aliphatic heterocycles. The minimum atomic E-state index is -4.39. The number of nitrogen functional groups attached to an aromatic ring is 1. The fraction of sp³-hybridized carbons (Fsp3) is 0.417. The van der Waals surface area contributed by atoms with E-state index in [2.05, 4.69) is 0 Å². The first-order chi connectivity index (χ1) is 8.81. The average Bonchev–Trinajstić information content (AvgIpc) is 2.34. The number of carbonyl (C=O) groups excluding carboxylic acids is 1. The van der Waals surface area contributed by atoms with Crippen molar-refractivity contribution in [2.45, 2.75) is 13.1 Å². The standard InChI is InChI=1S/C12H16F3N3O/c1-2-18(10-5-3-9(16)4-6-10)7-11(19)17-8-12(13,14)15/h3-6H,2,7-8,16H2,1H3,(H,17,19). The Morgan fingerprint density at radius 2 is 1.89 bits per heavy atom. The van der Waals surface area contributed by atoms with Gasteiger partial charge in [0.25, 0.3) is 0 Å². The van der Waals surface area contributed by atoms with E-state index < -0.39 is 18.6 Å². The summed E-state index contributed by atoms with van der Waals surface area (Å²) in [6, 6.07) is 6.78. The van der Waals surface area contributed by atoms with Crippen LogP contribution in [0.25, 0.3) is 0 Å². The second kappa shape index (κ2) is 6.31. The molecule has 4 nitrogen and oxygen atoms in total. The van der Waals surface area contributed by atoms with Gasteiger partial charge in [-0.25, -0.2) is 0 Å². The van der Waals surface area contributed by atoms with Gasteiger partial charge in [-0.15, -0.1) is 0 Å². The lowest BCUT2D eigenvalue weighted by molar-refractivity contribution is -0.137. The van der Waals surface area contributed by atoms with Crippen LogP contribution in [0.2, 0.25) is 0 Å². The zero-order valence-electron chi connectivity index (χ0n) is 10.5. The van der Waals surface area contributed by atoms with Crippen LogP contribution in [0.3, 0.4) is 0 Å². The smallest absolute Gasteiger partial charge is 0.399 e. The van der Waals surface area contributed by atoms with Crippen LogP contribution in [-0.2, 0) is 4.79 Å². The zero-order valence-corrected chi connectivity index (χ0v) is 10.5. The number of rotatable bonds is 5. The van der Waals surface area contributed by atoms with E-state index >= 15 is 0 Å². The number of amides is 1. The fourth-order valence-electron chi connectivity index (χ4n) is 1.50. The van der Waals surface area contributed by atoms with Crippen LogP contribution in [0.1, 0.15) is 6.92 Å². The highest BCUT2D eigenvalue weighted by Crippen LogP contribution is 2.16. The molecule has 1 aromatic carbocycles. The fourth-order valence-corrected chi connectivity index (χ4v) is 1.50. The first kappa shape index (κ1) is 15.1. The summed E-state index contributed by atoms with van der Waals surface area (Å²) in [7, 11) is 0. The van der Waals surface area contributed by atoms with E-state index in [1.807, 2.05) is 12.2 Å². The van der Waals surface area contributed by atoms with Gasteiger partial charge in [0.05, 0.1) is 6.54 Å². The van der Waals surface area contributed by atoms with E-state index in [1.165, 1.54) is 0 Å². The Balaban J connectivity index is 2.57. The maximum absolute atomic E-state index is 12.0. The summed E-state index contributed by atoms with van der Waals surface area (Å²) in [5, 5.41) is 1.84. The molecule has 0 saturated carbocycles. The number of benzene rings is 1. The molecular formula is C12H16F3N3O. The highest BCUT2D eigenvalue weighted by Gasteiger charge is 2.27. The third-order valence-corrected chi connectivity index (χ3v) is 2.46. The first-order valence-corrected chi connectivity index (χ1v) is 5.75. The van der Waals surface area contributed by atoms with Crippen LogP contribution >= 0.6 is 0 Å². The highest BCUT2D eigenvalue weighted by atomic mass is 19.4. The first-order valence-electron chi connectivity index (χ1n) is 5.75. The van der Waals surface area contributed by atoms with Crippen molar-refractivity contribution in [3.63, 3.8) is 0 Å². The molecule has 0 atom stereocenters. The van der Waals surface area contributed by atoms with Crippen LogP contribution in [0.4, 0.5) is 24.5 Å². The summed E-state index contributed by atoms with van der Waals surface area (Å²) in [6.07, 6.45) is -4.39. The molecule has 0 saturated heterocycles. The molecule has 0 radical (unpaired) electrons. The van der Waals surface area contributed by atoms with Crippen molar-refractivity contribution in [3.05, 3.63) is 24.3 Å². The van der Waals surface area contributed by atoms with Crippen molar-refractivity contribution in [1.29, 1.82) is 0 Å².